The molecule has 0 saturated heterocycles. The molecule has 0 fully saturated rings. The highest BCUT2D eigenvalue weighted by molar-refractivity contribution is 7.18. The summed E-state index contributed by atoms with van der Waals surface area (Å²) in [6.07, 6.45) is 4.28. The molecule has 3 aromatic rings. The molecule has 0 spiro atoms. The zero-order valence-electron chi connectivity index (χ0n) is 12.6. The van der Waals surface area contributed by atoms with Crippen molar-refractivity contribution in [3.63, 3.8) is 0 Å². The zero-order chi connectivity index (χ0) is 16.4. The van der Waals surface area contributed by atoms with Crippen molar-refractivity contribution in [3.8, 4) is 0 Å². The summed E-state index contributed by atoms with van der Waals surface area (Å²) in [5.41, 5.74) is 3.04. The summed E-state index contributed by atoms with van der Waals surface area (Å²) in [7, 11) is 0. The van der Waals surface area contributed by atoms with Gasteiger partial charge in [-0.2, -0.15) is 5.10 Å². The van der Waals surface area contributed by atoms with Crippen molar-refractivity contribution in [1.29, 1.82) is 0 Å². The molecule has 3 rings (SSSR count). The number of amides is 1. The Kier molecular flexibility index (Phi) is 4.07. The number of carbonyl (C=O) groups is 1. The minimum absolute atomic E-state index is 0.147. The van der Waals surface area contributed by atoms with Crippen molar-refractivity contribution >= 4 is 33.7 Å². The number of nitrogens with one attached hydrogen (secondary N) is 1. The van der Waals surface area contributed by atoms with Gasteiger partial charge >= 0.3 is 0 Å². The van der Waals surface area contributed by atoms with Crippen LogP contribution in [-0.4, -0.2) is 21.7 Å². The number of carbonyl (C=O) groups excluding carboxylic acids is 1. The van der Waals surface area contributed by atoms with Gasteiger partial charge in [-0.3, -0.25) is 14.2 Å². The van der Waals surface area contributed by atoms with Crippen LogP contribution in [0.3, 0.4) is 0 Å². The second-order valence-electron chi connectivity index (χ2n) is 4.95. The predicted molar refractivity (Wildman–Crippen MR) is 87.8 cm³/mol. The van der Waals surface area contributed by atoms with Crippen molar-refractivity contribution < 1.29 is 9.21 Å². The van der Waals surface area contributed by atoms with Crippen molar-refractivity contribution in [2.45, 2.75) is 20.4 Å². The number of thiophene rings is 1. The zero-order valence-corrected chi connectivity index (χ0v) is 13.4. The number of furan rings is 1. The minimum atomic E-state index is -0.416. The van der Waals surface area contributed by atoms with E-state index in [-0.39, 0.29) is 12.1 Å². The highest BCUT2D eigenvalue weighted by Gasteiger charge is 2.13. The lowest BCUT2D eigenvalue weighted by atomic mass is 10.2. The molecule has 3 aromatic heterocycles. The summed E-state index contributed by atoms with van der Waals surface area (Å²) in [5, 5.41) is 4.34. The first kappa shape index (κ1) is 15.2. The molecule has 0 bridgehead atoms. The molecule has 0 aromatic carbocycles. The molecule has 0 aliphatic carbocycles. The molecule has 0 unspecified atom stereocenters. The van der Waals surface area contributed by atoms with E-state index >= 15 is 0 Å². The topological polar surface area (TPSA) is 89.5 Å². The number of hydrazone groups is 1. The Balaban J connectivity index is 1.76. The maximum atomic E-state index is 12.5. The number of hydrogen-bond donors (Lipinski definition) is 1. The Hall–Kier alpha value is -2.74. The van der Waals surface area contributed by atoms with Crippen LogP contribution >= 0.6 is 11.3 Å². The Labute approximate surface area is 135 Å². The van der Waals surface area contributed by atoms with Gasteiger partial charge in [-0.25, -0.2) is 10.4 Å². The van der Waals surface area contributed by atoms with Crippen LogP contribution in [0.15, 0.2) is 39.0 Å². The van der Waals surface area contributed by atoms with E-state index < -0.39 is 5.91 Å². The van der Waals surface area contributed by atoms with E-state index in [0.29, 0.717) is 16.0 Å². The van der Waals surface area contributed by atoms with Gasteiger partial charge in [-0.05, 0) is 31.5 Å². The second-order valence-corrected chi connectivity index (χ2v) is 6.15. The van der Waals surface area contributed by atoms with Gasteiger partial charge in [0.2, 0.25) is 0 Å². The Morgan fingerprint density at radius 1 is 1.52 bits per heavy atom. The van der Waals surface area contributed by atoms with Crippen LogP contribution in [0.1, 0.15) is 16.2 Å². The largest absolute Gasteiger partial charge is 0.463 e. The van der Waals surface area contributed by atoms with Gasteiger partial charge in [-0.15, -0.1) is 11.3 Å². The summed E-state index contributed by atoms with van der Waals surface area (Å²) in [6, 6.07) is 3.43. The number of rotatable bonds is 4. The molecule has 3 heterocycles. The van der Waals surface area contributed by atoms with Crippen molar-refractivity contribution in [2.75, 3.05) is 0 Å². The lowest BCUT2D eigenvalue weighted by molar-refractivity contribution is -0.121. The maximum Gasteiger partial charge on any atom is 0.262 e. The summed E-state index contributed by atoms with van der Waals surface area (Å²) in [4.78, 5) is 30.3. The minimum Gasteiger partial charge on any atom is -0.463 e. The summed E-state index contributed by atoms with van der Waals surface area (Å²) in [5.74, 6) is 0.107. The van der Waals surface area contributed by atoms with Crippen LogP contribution in [0.5, 0.6) is 0 Å². The number of hydrogen-bond acceptors (Lipinski definition) is 6. The van der Waals surface area contributed by atoms with Gasteiger partial charge in [0.25, 0.3) is 11.5 Å². The van der Waals surface area contributed by atoms with Crippen LogP contribution in [0.25, 0.3) is 10.2 Å². The average Bonchev–Trinajstić information content (AvgIpc) is 3.12. The average molecular weight is 330 g/mol. The molecule has 8 heteroatoms. The Bertz CT molecular complexity index is 938. The SMILES string of the molecule is Cc1sc2ncn(CC(=O)N/N=C/c3ccco3)c(=O)c2c1C. The fourth-order valence-corrected chi connectivity index (χ4v) is 3.09. The van der Waals surface area contributed by atoms with Gasteiger partial charge in [0, 0.05) is 4.88 Å². The number of fused-ring (bicyclic) bond motifs is 1. The molecule has 118 valence electrons. The molecule has 7 nitrogen and oxygen atoms in total. The number of aryl methyl sites for hydroxylation is 2. The first-order chi connectivity index (χ1) is 11.1. The van der Waals surface area contributed by atoms with Crippen molar-refractivity contribution in [2.24, 2.45) is 5.10 Å². The maximum absolute atomic E-state index is 12.5. The Morgan fingerprint density at radius 2 is 2.35 bits per heavy atom. The van der Waals surface area contributed by atoms with Crippen molar-refractivity contribution in [3.05, 3.63) is 51.3 Å². The van der Waals surface area contributed by atoms with E-state index in [2.05, 4.69) is 15.5 Å². The molecule has 0 saturated carbocycles. The van der Waals surface area contributed by atoms with Crippen LogP contribution in [0.2, 0.25) is 0 Å². The predicted octanol–water partition coefficient (Wildman–Crippen LogP) is 1.82. The van der Waals surface area contributed by atoms with Crippen molar-refractivity contribution in [1.82, 2.24) is 15.0 Å². The summed E-state index contributed by atoms with van der Waals surface area (Å²) < 4.78 is 6.33. The highest BCUT2D eigenvalue weighted by atomic mass is 32.1. The number of aromatic nitrogens is 2. The van der Waals surface area contributed by atoms with Crippen LogP contribution in [-0.2, 0) is 11.3 Å². The molecule has 1 amide bonds. The lowest BCUT2D eigenvalue weighted by Crippen LogP contribution is -2.30. The highest BCUT2D eigenvalue weighted by Crippen LogP contribution is 2.25. The quantitative estimate of drug-likeness (QED) is 0.583. The fraction of sp³-hybridized carbons (Fsp3) is 0.200. The smallest absolute Gasteiger partial charge is 0.262 e. The number of nitrogens with zero attached hydrogens (tertiary/aromatic N) is 3. The second kappa shape index (κ2) is 6.17. The summed E-state index contributed by atoms with van der Waals surface area (Å²) in [6.45, 7) is 3.68. The molecule has 0 aliphatic rings. The molecule has 0 aliphatic heterocycles. The molecule has 0 atom stereocenters. The van der Waals surface area contributed by atoms with Gasteiger partial charge in [0.15, 0.2) is 0 Å². The normalized spacial score (nSPS) is 11.4. The third-order valence-electron chi connectivity index (χ3n) is 3.39. The molecule has 1 N–H and O–H groups in total. The molecular formula is C15H14N4O3S. The lowest BCUT2D eigenvalue weighted by Gasteiger charge is -2.04. The molecule has 0 radical (unpaired) electrons. The Morgan fingerprint density at radius 3 is 3.09 bits per heavy atom. The standard InChI is InChI=1S/C15H14N4O3S/c1-9-10(2)23-14-13(9)15(21)19(8-16-14)7-12(20)18-17-6-11-4-3-5-22-11/h3-6,8H,7H2,1-2H3,(H,18,20)/b17-6+. The van der Waals surface area contributed by atoms with Crippen LogP contribution < -0.4 is 11.0 Å². The van der Waals surface area contributed by atoms with Gasteiger partial charge in [0.1, 0.15) is 17.1 Å². The van der Waals surface area contributed by atoms with Gasteiger partial charge < -0.3 is 4.42 Å². The van der Waals surface area contributed by atoms with E-state index in [4.69, 9.17) is 4.42 Å². The van der Waals surface area contributed by atoms with E-state index in [1.54, 1.807) is 12.1 Å². The third-order valence-corrected chi connectivity index (χ3v) is 4.51. The molecule has 23 heavy (non-hydrogen) atoms. The third kappa shape index (κ3) is 3.07. The van der Waals surface area contributed by atoms with E-state index in [1.165, 1.54) is 34.7 Å². The first-order valence-corrected chi connectivity index (χ1v) is 7.68. The molecular weight excluding hydrogens is 316 g/mol. The van der Waals surface area contributed by atoms with E-state index in [1.807, 2.05) is 13.8 Å². The fourth-order valence-electron chi connectivity index (χ4n) is 2.11. The van der Waals surface area contributed by atoms with Crippen LogP contribution in [0.4, 0.5) is 0 Å². The van der Waals surface area contributed by atoms with Gasteiger partial charge in [0.05, 0.1) is 24.2 Å². The van der Waals surface area contributed by atoms with E-state index in [0.717, 1.165) is 10.4 Å². The monoisotopic (exact) mass is 330 g/mol. The summed E-state index contributed by atoms with van der Waals surface area (Å²) >= 11 is 1.47. The van der Waals surface area contributed by atoms with Gasteiger partial charge in [-0.1, -0.05) is 0 Å². The van der Waals surface area contributed by atoms with E-state index in [9.17, 15) is 9.59 Å². The first-order valence-electron chi connectivity index (χ1n) is 6.87. The van der Waals surface area contributed by atoms with Crippen LogP contribution in [0, 0.1) is 13.8 Å².